The Morgan fingerprint density at radius 3 is 2.86 bits per heavy atom. The maximum atomic E-state index is 10.6. The van der Waals surface area contributed by atoms with E-state index in [9.17, 15) is 4.79 Å². The van der Waals surface area contributed by atoms with Crippen molar-refractivity contribution in [2.45, 2.75) is 13.5 Å². The molecular weight excluding hydrogens is 198 g/mol. The van der Waals surface area contributed by atoms with Gasteiger partial charge in [-0.1, -0.05) is 0 Å². The van der Waals surface area contributed by atoms with Crippen LogP contribution >= 0.6 is 11.3 Å². The first kappa shape index (κ1) is 9.68. The van der Waals surface area contributed by atoms with Gasteiger partial charge < -0.3 is 5.11 Å². The van der Waals surface area contributed by atoms with E-state index in [1.54, 1.807) is 11.3 Å². The van der Waals surface area contributed by atoms with Crippen molar-refractivity contribution in [1.29, 1.82) is 0 Å². The maximum absolute atomic E-state index is 10.6. The van der Waals surface area contributed by atoms with Crippen LogP contribution in [0.4, 0.5) is 0 Å². The number of thiophene rings is 1. The predicted molar refractivity (Wildman–Crippen MR) is 55.5 cm³/mol. The minimum absolute atomic E-state index is 0.143. The number of hydrogen-bond acceptors (Lipinski definition) is 3. The Morgan fingerprint density at radius 1 is 1.64 bits per heavy atom. The van der Waals surface area contributed by atoms with E-state index in [0.717, 1.165) is 6.54 Å². The Hall–Kier alpha value is -0.870. The van der Waals surface area contributed by atoms with Crippen molar-refractivity contribution < 1.29 is 9.90 Å². The summed E-state index contributed by atoms with van der Waals surface area (Å²) in [5, 5.41) is 8.70. The minimum Gasteiger partial charge on any atom is -0.481 e. The second-order valence-electron chi connectivity index (χ2n) is 3.74. The van der Waals surface area contributed by atoms with E-state index in [1.807, 2.05) is 0 Å². The zero-order valence-corrected chi connectivity index (χ0v) is 8.88. The number of carbonyl (C=O) groups is 1. The summed E-state index contributed by atoms with van der Waals surface area (Å²) in [6, 6.07) is 4.22. The van der Waals surface area contributed by atoms with E-state index in [-0.39, 0.29) is 5.92 Å². The molecule has 0 aliphatic carbocycles. The third kappa shape index (κ3) is 1.96. The van der Waals surface area contributed by atoms with Gasteiger partial charge in [0.05, 0.1) is 5.92 Å². The van der Waals surface area contributed by atoms with Crippen molar-refractivity contribution in [3.63, 3.8) is 0 Å². The van der Waals surface area contributed by atoms with Gasteiger partial charge >= 0.3 is 5.97 Å². The normalized spacial score (nSPS) is 18.1. The largest absolute Gasteiger partial charge is 0.481 e. The number of hydrogen-bond donors (Lipinski definition) is 1. The average molecular weight is 211 g/mol. The minimum atomic E-state index is -0.663. The lowest BCUT2D eigenvalue weighted by molar-refractivity contribution is -0.147. The van der Waals surface area contributed by atoms with Crippen molar-refractivity contribution in [2.24, 2.45) is 5.92 Å². The van der Waals surface area contributed by atoms with Gasteiger partial charge in [0, 0.05) is 29.4 Å². The van der Waals surface area contributed by atoms with Gasteiger partial charge in [-0.05, 0) is 19.1 Å². The molecule has 1 saturated heterocycles. The highest BCUT2D eigenvalue weighted by molar-refractivity contribution is 7.11. The molecule has 1 N–H and O–H groups in total. The SMILES string of the molecule is Cc1ccc(CN2CC(C(=O)O)C2)s1. The van der Waals surface area contributed by atoms with Crippen LogP contribution in [-0.4, -0.2) is 29.1 Å². The third-order valence-electron chi connectivity index (χ3n) is 2.48. The summed E-state index contributed by atoms with van der Waals surface area (Å²) in [7, 11) is 0. The van der Waals surface area contributed by atoms with E-state index in [0.29, 0.717) is 13.1 Å². The van der Waals surface area contributed by atoms with Crippen LogP contribution in [0.2, 0.25) is 0 Å². The van der Waals surface area contributed by atoms with E-state index in [2.05, 4.69) is 24.0 Å². The molecule has 1 aromatic rings. The number of rotatable bonds is 3. The van der Waals surface area contributed by atoms with E-state index in [4.69, 9.17) is 5.11 Å². The topological polar surface area (TPSA) is 40.5 Å². The van der Waals surface area contributed by atoms with Crippen molar-refractivity contribution in [3.8, 4) is 0 Å². The summed E-state index contributed by atoms with van der Waals surface area (Å²) < 4.78 is 0. The van der Waals surface area contributed by atoms with Crippen LogP contribution in [0.3, 0.4) is 0 Å². The van der Waals surface area contributed by atoms with Gasteiger partial charge in [0.2, 0.25) is 0 Å². The van der Waals surface area contributed by atoms with Gasteiger partial charge in [0.1, 0.15) is 0 Å². The smallest absolute Gasteiger partial charge is 0.309 e. The molecule has 0 radical (unpaired) electrons. The summed E-state index contributed by atoms with van der Waals surface area (Å²) >= 11 is 1.79. The molecule has 3 nitrogen and oxygen atoms in total. The molecule has 0 atom stereocenters. The number of carboxylic acid groups (broad SMARTS) is 1. The highest BCUT2D eigenvalue weighted by atomic mass is 32.1. The number of aliphatic carboxylic acids is 1. The Bertz CT molecular complexity index is 342. The van der Waals surface area contributed by atoms with Gasteiger partial charge in [-0.25, -0.2) is 0 Å². The van der Waals surface area contributed by atoms with Gasteiger partial charge in [0.15, 0.2) is 0 Å². The number of nitrogens with zero attached hydrogens (tertiary/aromatic N) is 1. The molecule has 4 heteroatoms. The molecule has 0 amide bonds. The van der Waals surface area contributed by atoms with Crippen molar-refractivity contribution in [1.82, 2.24) is 4.90 Å². The maximum Gasteiger partial charge on any atom is 0.309 e. The molecule has 0 unspecified atom stereocenters. The Balaban J connectivity index is 1.82. The van der Waals surface area contributed by atoms with Gasteiger partial charge in [-0.2, -0.15) is 0 Å². The lowest BCUT2D eigenvalue weighted by Gasteiger charge is -2.36. The molecule has 0 spiro atoms. The average Bonchev–Trinajstić information content (AvgIpc) is 2.42. The number of aryl methyl sites for hydroxylation is 1. The van der Waals surface area contributed by atoms with Gasteiger partial charge in [-0.3, -0.25) is 9.69 Å². The molecule has 1 fully saturated rings. The van der Waals surface area contributed by atoms with Gasteiger partial charge in [0.25, 0.3) is 0 Å². The summed E-state index contributed by atoms with van der Waals surface area (Å²) in [6.45, 7) is 4.39. The van der Waals surface area contributed by atoms with E-state index >= 15 is 0 Å². The summed E-state index contributed by atoms with van der Waals surface area (Å²) in [6.07, 6.45) is 0. The zero-order valence-electron chi connectivity index (χ0n) is 8.06. The monoisotopic (exact) mass is 211 g/mol. The summed E-state index contributed by atoms with van der Waals surface area (Å²) in [5.74, 6) is -0.806. The fourth-order valence-electron chi connectivity index (χ4n) is 1.65. The number of likely N-dealkylation sites (tertiary alicyclic amines) is 1. The molecule has 0 bridgehead atoms. The molecule has 2 heterocycles. The van der Waals surface area contributed by atoms with Gasteiger partial charge in [-0.15, -0.1) is 11.3 Å². The van der Waals surface area contributed by atoms with Crippen LogP contribution in [0.1, 0.15) is 9.75 Å². The second kappa shape index (κ2) is 3.71. The number of carboxylic acids is 1. The van der Waals surface area contributed by atoms with E-state index < -0.39 is 5.97 Å². The molecule has 0 saturated carbocycles. The lowest BCUT2D eigenvalue weighted by Crippen LogP contribution is -2.49. The van der Waals surface area contributed by atoms with Crippen molar-refractivity contribution in [3.05, 3.63) is 21.9 Å². The predicted octanol–water partition coefficient (Wildman–Crippen LogP) is 1.57. The second-order valence-corrected chi connectivity index (χ2v) is 5.11. The molecule has 1 aliphatic heterocycles. The molecular formula is C10H13NO2S. The molecule has 0 aromatic carbocycles. The molecule has 2 rings (SSSR count). The van der Waals surface area contributed by atoms with Crippen molar-refractivity contribution in [2.75, 3.05) is 13.1 Å². The summed E-state index contributed by atoms with van der Waals surface area (Å²) in [4.78, 5) is 15.4. The van der Waals surface area contributed by atoms with Crippen LogP contribution in [0.15, 0.2) is 12.1 Å². The quantitative estimate of drug-likeness (QED) is 0.825. The molecule has 1 aliphatic rings. The Kier molecular flexibility index (Phi) is 2.56. The standard InChI is InChI=1S/C10H13NO2S/c1-7-2-3-9(14-7)6-11-4-8(5-11)10(12)13/h2-3,8H,4-6H2,1H3,(H,12,13). The molecule has 14 heavy (non-hydrogen) atoms. The van der Waals surface area contributed by atoms with Crippen LogP contribution in [-0.2, 0) is 11.3 Å². The Labute approximate surface area is 87.0 Å². The first-order valence-electron chi connectivity index (χ1n) is 4.65. The fourth-order valence-corrected chi connectivity index (χ4v) is 2.58. The zero-order chi connectivity index (χ0) is 10.1. The van der Waals surface area contributed by atoms with Crippen molar-refractivity contribution >= 4 is 17.3 Å². The van der Waals surface area contributed by atoms with Crippen LogP contribution < -0.4 is 0 Å². The highest BCUT2D eigenvalue weighted by Crippen LogP contribution is 2.22. The lowest BCUT2D eigenvalue weighted by atomic mass is 10.0. The third-order valence-corrected chi connectivity index (χ3v) is 3.47. The molecule has 76 valence electrons. The first-order valence-corrected chi connectivity index (χ1v) is 5.47. The van der Waals surface area contributed by atoms with E-state index in [1.165, 1.54) is 9.75 Å². The van der Waals surface area contributed by atoms with Crippen LogP contribution in [0.5, 0.6) is 0 Å². The van der Waals surface area contributed by atoms with Crippen LogP contribution in [0.25, 0.3) is 0 Å². The first-order chi connectivity index (χ1) is 6.65. The van der Waals surface area contributed by atoms with Crippen LogP contribution in [0, 0.1) is 12.8 Å². The summed E-state index contributed by atoms with van der Waals surface area (Å²) in [5.41, 5.74) is 0. The molecule has 1 aromatic heterocycles. The Morgan fingerprint density at radius 2 is 2.36 bits per heavy atom. The highest BCUT2D eigenvalue weighted by Gasteiger charge is 2.32. The fraction of sp³-hybridized carbons (Fsp3) is 0.500.